The predicted octanol–water partition coefficient (Wildman–Crippen LogP) is -0.254. The summed E-state index contributed by atoms with van der Waals surface area (Å²) in [4.78, 5) is 6.21. The fourth-order valence-electron chi connectivity index (χ4n) is 2.54. The third-order valence-corrected chi connectivity index (χ3v) is 5.43. The zero-order chi connectivity index (χ0) is 18.6. The Hall–Kier alpha value is -2.24. The van der Waals surface area contributed by atoms with E-state index in [4.69, 9.17) is 4.74 Å². The topological polar surface area (TPSA) is 114 Å². The molecule has 2 N–H and O–H groups in total. The summed E-state index contributed by atoms with van der Waals surface area (Å²) in [5.74, 6) is 1.24. The summed E-state index contributed by atoms with van der Waals surface area (Å²) < 4.78 is 33.9. The van der Waals surface area contributed by atoms with Crippen LogP contribution >= 0.6 is 0 Å². The first-order valence-corrected chi connectivity index (χ1v) is 9.83. The maximum absolute atomic E-state index is 12.2. The summed E-state index contributed by atoms with van der Waals surface area (Å²) in [5, 5.41) is 11.1. The Morgan fingerprint density at radius 2 is 2.04 bits per heavy atom. The standard InChI is InChI=1S/C15H23N7O3S/c1-12-19-15(11-21(12)2)26(23,24)18-4-3-16-14-9-13(10-17-20-14)22-5-7-25-8-6-22/h9-11,18H,3-8H2,1-2H3,(H,16,20). The lowest BCUT2D eigenvalue weighted by Crippen LogP contribution is -2.36. The molecule has 1 saturated heterocycles. The SMILES string of the molecule is Cc1nc(S(=O)(=O)NCCNc2cc(N3CCOCC3)cnn2)cn1C. The van der Waals surface area contributed by atoms with Crippen molar-refractivity contribution in [3.63, 3.8) is 0 Å². The summed E-state index contributed by atoms with van der Waals surface area (Å²) >= 11 is 0. The molecule has 26 heavy (non-hydrogen) atoms. The average Bonchev–Trinajstić information content (AvgIpc) is 3.00. The van der Waals surface area contributed by atoms with Crippen molar-refractivity contribution < 1.29 is 13.2 Å². The van der Waals surface area contributed by atoms with Crippen molar-refractivity contribution in [2.24, 2.45) is 7.05 Å². The van der Waals surface area contributed by atoms with E-state index in [9.17, 15) is 8.42 Å². The van der Waals surface area contributed by atoms with Gasteiger partial charge in [0.1, 0.15) is 5.82 Å². The number of nitrogens with one attached hydrogen (secondary N) is 2. The number of imidazole rings is 1. The zero-order valence-electron chi connectivity index (χ0n) is 14.8. The van der Waals surface area contributed by atoms with Crippen LogP contribution in [0.1, 0.15) is 5.82 Å². The number of rotatable bonds is 7. The highest BCUT2D eigenvalue weighted by Gasteiger charge is 2.17. The Morgan fingerprint density at radius 3 is 2.73 bits per heavy atom. The van der Waals surface area contributed by atoms with Gasteiger partial charge in [0.25, 0.3) is 10.0 Å². The molecule has 11 heteroatoms. The van der Waals surface area contributed by atoms with Gasteiger partial charge in [-0.2, -0.15) is 5.10 Å². The van der Waals surface area contributed by atoms with Crippen molar-refractivity contribution in [1.29, 1.82) is 0 Å². The van der Waals surface area contributed by atoms with Gasteiger partial charge in [-0.05, 0) is 6.92 Å². The molecular weight excluding hydrogens is 358 g/mol. The Labute approximate surface area is 152 Å². The number of aryl methyl sites for hydroxylation is 2. The van der Waals surface area contributed by atoms with Crippen LogP contribution in [0.3, 0.4) is 0 Å². The second-order valence-electron chi connectivity index (χ2n) is 5.96. The number of anilines is 2. The normalized spacial score (nSPS) is 15.2. The third-order valence-electron chi connectivity index (χ3n) is 4.10. The van der Waals surface area contributed by atoms with Gasteiger partial charge in [-0.15, -0.1) is 5.10 Å². The minimum absolute atomic E-state index is 0.0200. The fraction of sp³-hybridized carbons (Fsp3) is 0.533. The van der Waals surface area contributed by atoms with Crippen LogP contribution in [0.15, 0.2) is 23.5 Å². The van der Waals surface area contributed by atoms with Gasteiger partial charge in [-0.1, -0.05) is 0 Å². The van der Waals surface area contributed by atoms with E-state index in [0.717, 1.165) is 18.8 Å². The van der Waals surface area contributed by atoms with Crippen LogP contribution in [0, 0.1) is 6.92 Å². The van der Waals surface area contributed by atoms with Gasteiger partial charge in [0.05, 0.1) is 25.1 Å². The lowest BCUT2D eigenvalue weighted by Gasteiger charge is -2.28. The molecule has 0 unspecified atom stereocenters. The van der Waals surface area contributed by atoms with E-state index in [2.05, 4.69) is 30.1 Å². The largest absolute Gasteiger partial charge is 0.378 e. The van der Waals surface area contributed by atoms with Gasteiger partial charge in [-0.3, -0.25) is 0 Å². The van der Waals surface area contributed by atoms with Gasteiger partial charge in [0, 0.05) is 45.5 Å². The maximum atomic E-state index is 12.2. The minimum atomic E-state index is -3.62. The Kier molecular flexibility index (Phi) is 5.69. The molecule has 2 aromatic rings. The molecule has 2 aromatic heterocycles. The van der Waals surface area contributed by atoms with Crippen LogP contribution in [-0.4, -0.2) is 67.6 Å². The van der Waals surface area contributed by atoms with Crippen LogP contribution in [0.5, 0.6) is 0 Å². The number of morpholine rings is 1. The number of hydrogen-bond acceptors (Lipinski definition) is 8. The smallest absolute Gasteiger partial charge is 0.259 e. The Balaban J connectivity index is 1.52. The summed E-state index contributed by atoms with van der Waals surface area (Å²) in [6.07, 6.45) is 3.20. The summed E-state index contributed by atoms with van der Waals surface area (Å²) in [5.41, 5.74) is 0.968. The Bertz CT molecular complexity index is 827. The van der Waals surface area contributed by atoms with Crippen LogP contribution in [-0.2, 0) is 21.8 Å². The molecule has 1 fully saturated rings. The molecule has 3 heterocycles. The zero-order valence-corrected chi connectivity index (χ0v) is 15.7. The minimum Gasteiger partial charge on any atom is -0.378 e. The molecule has 10 nitrogen and oxygen atoms in total. The first kappa shape index (κ1) is 18.5. The molecule has 142 valence electrons. The van der Waals surface area contributed by atoms with Gasteiger partial charge >= 0.3 is 0 Å². The van der Waals surface area contributed by atoms with Gasteiger partial charge in [0.2, 0.25) is 0 Å². The van der Waals surface area contributed by atoms with E-state index in [1.165, 1.54) is 6.20 Å². The number of aromatic nitrogens is 4. The third kappa shape index (κ3) is 4.48. The van der Waals surface area contributed by atoms with Crippen molar-refractivity contribution in [2.45, 2.75) is 11.9 Å². The molecule has 3 rings (SSSR count). The number of sulfonamides is 1. The van der Waals surface area contributed by atoms with E-state index in [0.29, 0.717) is 31.4 Å². The first-order chi connectivity index (χ1) is 12.5. The molecule has 0 aliphatic carbocycles. The van der Waals surface area contributed by atoms with E-state index in [1.807, 2.05) is 6.07 Å². The van der Waals surface area contributed by atoms with E-state index >= 15 is 0 Å². The molecule has 0 amide bonds. The number of ether oxygens (including phenoxy) is 1. The second kappa shape index (κ2) is 7.98. The van der Waals surface area contributed by atoms with Crippen LogP contribution in [0.25, 0.3) is 0 Å². The van der Waals surface area contributed by atoms with E-state index in [1.54, 1.807) is 24.7 Å². The lowest BCUT2D eigenvalue weighted by molar-refractivity contribution is 0.122. The first-order valence-electron chi connectivity index (χ1n) is 8.34. The monoisotopic (exact) mass is 381 g/mol. The fourth-order valence-corrected chi connectivity index (χ4v) is 3.61. The van der Waals surface area contributed by atoms with Crippen molar-refractivity contribution in [2.75, 3.05) is 49.6 Å². The van der Waals surface area contributed by atoms with Crippen LogP contribution in [0.2, 0.25) is 0 Å². The Morgan fingerprint density at radius 1 is 1.27 bits per heavy atom. The summed E-state index contributed by atoms with van der Waals surface area (Å²) in [6, 6.07) is 1.90. The van der Waals surface area contributed by atoms with E-state index in [-0.39, 0.29) is 11.6 Å². The van der Waals surface area contributed by atoms with Crippen LogP contribution < -0.4 is 14.9 Å². The van der Waals surface area contributed by atoms with Gasteiger partial charge < -0.3 is 19.5 Å². The molecule has 0 bridgehead atoms. The van der Waals surface area contributed by atoms with Gasteiger partial charge in [0.15, 0.2) is 10.8 Å². The quantitative estimate of drug-likeness (QED) is 0.631. The molecule has 0 saturated carbocycles. The molecular formula is C15H23N7O3S. The van der Waals surface area contributed by atoms with E-state index < -0.39 is 10.0 Å². The number of nitrogens with zero attached hydrogens (tertiary/aromatic N) is 5. The molecule has 0 radical (unpaired) electrons. The van der Waals surface area contributed by atoms with Crippen LogP contribution in [0.4, 0.5) is 11.5 Å². The molecule has 1 aliphatic rings. The van der Waals surface area contributed by atoms with Gasteiger partial charge in [-0.25, -0.2) is 18.1 Å². The molecule has 0 atom stereocenters. The predicted molar refractivity (Wildman–Crippen MR) is 96.7 cm³/mol. The second-order valence-corrected chi connectivity index (χ2v) is 7.67. The van der Waals surface area contributed by atoms with Crippen molar-refractivity contribution in [3.8, 4) is 0 Å². The van der Waals surface area contributed by atoms with Crippen molar-refractivity contribution in [1.82, 2.24) is 24.5 Å². The highest BCUT2D eigenvalue weighted by molar-refractivity contribution is 7.89. The average molecular weight is 381 g/mol. The lowest BCUT2D eigenvalue weighted by atomic mass is 10.3. The number of hydrogen-bond donors (Lipinski definition) is 2. The van der Waals surface area contributed by atoms with Crippen molar-refractivity contribution >= 4 is 21.5 Å². The molecule has 0 aromatic carbocycles. The maximum Gasteiger partial charge on any atom is 0.259 e. The highest BCUT2D eigenvalue weighted by Crippen LogP contribution is 2.16. The highest BCUT2D eigenvalue weighted by atomic mass is 32.2. The summed E-state index contributed by atoms with van der Waals surface area (Å²) in [6.45, 7) is 5.36. The molecule has 0 spiro atoms. The molecule has 1 aliphatic heterocycles. The summed E-state index contributed by atoms with van der Waals surface area (Å²) in [7, 11) is -1.87. The van der Waals surface area contributed by atoms with Crippen molar-refractivity contribution in [3.05, 3.63) is 24.3 Å².